The van der Waals surface area contributed by atoms with Crippen LogP contribution in [0.5, 0.6) is 5.88 Å². The Kier molecular flexibility index (Phi) is 4.24. The van der Waals surface area contributed by atoms with Gasteiger partial charge in [-0.3, -0.25) is 4.79 Å². The monoisotopic (exact) mass is 407 g/mol. The van der Waals surface area contributed by atoms with E-state index >= 15 is 0 Å². The van der Waals surface area contributed by atoms with Crippen LogP contribution in [-0.4, -0.2) is 38.1 Å². The molecule has 0 radical (unpaired) electrons. The van der Waals surface area contributed by atoms with Crippen molar-refractivity contribution in [2.75, 3.05) is 6.54 Å². The number of fused-ring (bicyclic) bond motifs is 2. The number of imidazole rings is 1. The summed E-state index contributed by atoms with van der Waals surface area (Å²) in [7, 11) is 1.93. The van der Waals surface area contributed by atoms with Crippen molar-refractivity contribution in [3.8, 4) is 17.1 Å². The Balaban J connectivity index is 1.57. The number of aromatic nitrogens is 4. The molecule has 5 rings (SSSR count). The van der Waals surface area contributed by atoms with Crippen molar-refractivity contribution in [1.82, 2.24) is 24.8 Å². The average Bonchev–Trinajstić information content (AvgIpc) is 3.39. The van der Waals surface area contributed by atoms with Gasteiger partial charge in [-0.25, -0.2) is 15.0 Å². The molecule has 3 aromatic heterocycles. The van der Waals surface area contributed by atoms with Crippen molar-refractivity contribution in [2.45, 2.75) is 26.4 Å². The summed E-state index contributed by atoms with van der Waals surface area (Å²) in [6.45, 7) is 4.64. The molecule has 0 unspecified atom stereocenters. The predicted octanol–water partition coefficient (Wildman–Crippen LogP) is 3.46. The van der Waals surface area contributed by atoms with Crippen molar-refractivity contribution in [3.05, 3.63) is 35.6 Å². The lowest BCUT2D eigenvalue weighted by Crippen LogP contribution is -2.26. The van der Waals surface area contributed by atoms with Gasteiger partial charge < -0.3 is 14.6 Å². The van der Waals surface area contributed by atoms with Crippen LogP contribution in [0, 0.1) is 12.8 Å². The van der Waals surface area contributed by atoms with Crippen LogP contribution in [0.2, 0.25) is 0 Å². The highest BCUT2D eigenvalue weighted by atomic mass is 32.1. The minimum Gasteiger partial charge on any atom is -0.473 e. The molecule has 29 heavy (non-hydrogen) atoms. The van der Waals surface area contributed by atoms with E-state index in [2.05, 4.69) is 33.5 Å². The van der Waals surface area contributed by atoms with E-state index in [9.17, 15) is 4.79 Å². The molecule has 4 heterocycles. The molecule has 7 nitrogen and oxygen atoms in total. The largest absolute Gasteiger partial charge is 0.473 e. The van der Waals surface area contributed by atoms with Crippen molar-refractivity contribution < 1.29 is 9.53 Å². The zero-order valence-electron chi connectivity index (χ0n) is 16.5. The molecule has 1 aromatic carbocycles. The van der Waals surface area contributed by atoms with Crippen molar-refractivity contribution in [2.24, 2.45) is 13.0 Å². The number of carbonyl (C=O) groups excluding carboxylic acids is 1. The minimum absolute atomic E-state index is 0.0738. The summed E-state index contributed by atoms with van der Waals surface area (Å²) in [6.07, 6.45) is 2.11. The van der Waals surface area contributed by atoms with E-state index in [0.29, 0.717) is 18.8 Å². The summed E-state index contributed by atoms with van der Waals surface area (Å²) in [5, 5.41) is 3.92. The number of nitrogens with one attached hydrogen (secondary N) is 1. The van der Waals surface area contributed by atoms with Gasteiger partial charge >= 0.3 is 0 Å². The van der Waals surface area contributed by atoms with Gasteiger partial charge in [0.25, 0.3) is 0 Å². The quantitative estimate of drug-likeness (QED) is 0.560. The molecule has 148 valence electrons. The van der Waals surface area contributed by atoms with Crippen LogP contribution in [0.1, 0.15) is 18.4 Å². The minimum atomic E-state index is -0.140. The van der Waals surface area contributed by atoms with Gasteiger partial charge in [0.05, 0.1) is 32.8 Å². The van der Waals surface area contributed by atoms with Crippen LogP contribution in [0.3, 0.4) is 0 Å². The van der Waals surface area contributed by atoms with Gasteiger partial charge in [0, 0.05) is 31.5 Å². The zero-order valence-corrected chi connectivity index (χ0v) is 17.3. The normalized spacial score (nSPS) is 17.8. The van der Waals surface area contributed by atoms with Gasteiger partial charge in [0.1, 0.15) is 11.6 Å². The highest BCUT2D eigenvalue weighted by molar-refractivity contribution is 7.18. The molecule has 8 heteroatoms. The molecule has 2 atom stereocenters. The summed E-state index contributed by atoms with van der Waals surface area (Å²) in [4.78, 5) is 25.5. The molecular weight excluding hydrogens is 386 g/mol. The lowest BCUT2D eigenvalue weighted by Gasteiger charge is -2.20. The third-order valence-corrected chi connectivity index (χ3v) is 6.38. The van der Waals surface area contributed by atoms with E-state index in [-0.39, 0.29) is 17.9 Å². The number of nitrogens with zero attached hydrogens (tertiary/aromatic N) is 4. The van der Waals surface area contributed by atoms with Crippen molar-refractivity contribution in [1.29, 1.82) is 0 Å². The number of thiazole rings is 1. The predicted molar refractivity (Wildman–Crippen MR) is 113 cm³/mol. The fourth-order valence-corrected chi connectivity index (χ4v) is 4.61. The van der Waals surface area contributed by atoms with Gasteiger partial charge in [0.2, 0.25) is 11.8 Å². The molecule has 1 aliphatic rings. The molecule has 4 aromatic rings. The molecule has 1 aliphatic heterocycles. The molecule has 0 spiro atoms. The number of pyridine rings is 1. The molecular formula is C21H21N5O2S. The first-order valence-corrected chi connectivity index (χ1v) is 10.4. The topological polar surface area (TPSA) is 81.9 Å². The zero-order chi connectivity index (χ0) is 20.1. The summed E-state index contributed by atoms with van der Waals surface area (Å²) < 4.78 is 9.35. The third-order valence-electron chi connectivity index (χ3n) is 5.42. The SMILES string of the molecule is Cc1nc2cc(-c3cc4ncn(C)c4c(O[C@H](C)[C@H]4CNC(=O)C4)n3)ccc2s1. The Morgan fingerprint density at radius 3 is 2.93 bits per heavy atom. The fraction of sp³-hybridized carbons (Fsp3) is 0.333. The maximum Gasteiger partial charge on any atom is 0.241 e. The molecule has 0 aliphatic carbocycles. The van der Waals surface area contributed by atoms with Gasteiger partial charge in [-0.05, 0) is 32.0 Å². The molecule has 0 bridgehead atoms. The number of carbonyl (C=O) groups is 1. The van der Waals surface area contributed by atoms with Crippen LogP contribution in [0.15, 0.2) is 30.6 Å². The molecule has 1 saturated heterocycles. The van der Waals surface area contributed by atoms with E-state index in [4.69, 9.17) is 9.72 Å². The maximum absolute atomic E-state index is 11.6. The average molecular weight is 407 g/mol. The Labute approximate surface area is 171 Å². The second-order valence-corrected chi connectivity index (χ2v) is 8.78. The van der Waals surface area contributed by atoms with Gasteiger partial charge in [-0.1, -0.05) is 6.07 Å². The van der Waals surface area contributed by atoms with E-state index in [1.807, 2.05) is 31.5 Å². The van der Waals surface area contributed by atoms with Crippen molar-refractivity contribution >= 4 is 38.5 Å². The first-order valence-electron chi connectivity index (χ1n) is 9.61. The maximum atomic E-state index is 11.6. The summed E-state index contributed by atoms with van der Waals surface area (Å²) >= 11 is 1.68. The second kappa shape index (κ2) is 6.81. The summed E-state index contributed by atoms with van der Waals surface area (Å²) in [5.74, 6) is 0.745. The number of aryl methyl sites for hydroxylation is 2. The van der Waals surface area contributed by atoms with E-state index < -0.39 is 0 Å². The number of benzene rings is 1. The highest BCUT2D eigenvalue weighted by Crippen LogP contribution is 2.32. The first-order chi connectivity index (χ1) is 14.0. The molecule has 0 saturated carbocycles. The van der Waals surface area contributed by atoms with Gasteiger partial charge in [-0.15, -0.1) is 11.3 Å². The fourth-order valence-electron chi connectivity index (χ4n) is 3.80. The summed E-state index contributed by atoms with van der Waals surface area (Å²) in [5.41, 5.74) is 4.43. The summed E-state index contributed by atoms with van der Waals surface area (Å²) in [6, 6.07) is 8.18. The van der Waals surface area contributed by atoms with E-state index in [0.717, 1.165) is 37.5 Å². The number of rotatable bonds is 4. The van der Waals surface area contributed by atoms with E-state index in [1.54, 1.807) is 17.7 Å². The number of hydrogen-bond acceptors (Lipinski definition) is 6. The van der Waals surface area contributed by atoms with Gasteiger partial charge in [-0.2, -0.15) is 0 Å². The standard InChI is InChI=1S/C21H21N5O2S/c1-11(14-7-19(27)22-9-14)28-21-20-17(23-10-26(20)3)8-15(25-21)13-4-5-18-16(6-13)24-12(2)29-18/h4-6,8,10-11,14H,7,9H2,1-3H3,(H,22,27)/t11-,14-/m1/s1. The van der Waals surface area contributed by atoms with Gasteiger partial charge in [0.15, 0.2) is 0 Å². The second-order valence-electron chi connectivity index (χ2n) is 7.54. The van der Waals surface area contributed by atoms with E-state index in [1.165, 1.54) is 0 Å². The smallest absolute Gasteiger partial charge is 0.241 e. The number of ether oxygens (including phenoxy) is 1. The Morgan fingerprint density at radius 1 is 1.28 bits per heavy atom. The lowest BCUT2D eigenvalue weighted by molar-refractivity contribution is -0.119. The van der Waals surface area contributed by atoms with Crippen LogP contribution >= 0.6 is 11.3 Å². The van der Waals surface area contributed by atoms with Crippen LogP contribution in [-0.2, 0) is 11.8 Å². The third kappa shape index (κ3) is 3.23. The van der Waals surface area contributed by atoms with Crippen LogP contribution in [0.25, 0.3) is 32.5 Å². The Bertz CT molecular complexity index is 1240. The molecule has 1 N–H and O–H groups in total. The number of hydrogen-bond donors (Lipinski definition) is 1. The molecule has 1 amide bonds. The first kappa shape index (κ1) is 18.1. The van der Waals surface area contributed by atoms with Crippen LogP contribution in [0.4, 0.5) is 0 Å². The lowest BCUT2D eigenvalue weighted by atomic mass is 10.0. The van der Waals surface area contributed by atoms with Crippen LogP contribution < -0.4 is 10.1 Å². The highest BCUT2D eigenvalue weighted by Gasteiger charge is 2.29. The molecule has 1 fully saturated rings. The Morgan fingerprint density at radius 2 is 2.14 bits per heavy atom. The Hall–Kier alpha value is -3.00. The van der Waals surface area contributed by atoms with Crippen molar-refractivity contribution in [3.63, 3.8) is 0 Å². The number of amides is 1.